The minimum absolute atomic E-state index is 0.0683. The van der Waals surface area contributed by atoms with Gasteiger partial charge < -0.3 is 5.11 Å². The van der Waals surface area contributed by atoms with E-state index in [0.29, 0.717) is 19.4 Å². The van der Waals surface area contributed by atoms with Gasteiger partial charge in [-0.1, -0.05) is 20.8 Å². The molecule has 2 atom stereocenters. The zero-order chi connectivity index (χ0) is 15.7. The van der Waals surface area contributed by atoms with E-state index in [-0.39, 0.29) is 18.0 Å². The first kappa shape index (κ1) is 17.4. The predicted octanol–water partition coefficient (Wildman–Crippen LogP) is 1.39. The molecule has 1 aliphatic heterocycles. The molecule has 118 valence electrons. The van der Waals surface area contributed by atoms with Crippen LogP contribution in [0.2, 0.25) is 0 Å². The topological polar surface area (TPSA) is 77.9 Å². The highest BCUT2D eigenvalue weighted by Gasteiger charge is 2.38. The third kappa shape index (κ3) is 3.71. The van der Waals surface area contributed by atoms with Gasteiger partial charge in [0, 0.05) is 26.2 Å². The van der Waals surface area contributed by atoms with E-state index < -0.39 is 22.1 Å². The predicted molar refractivity (Wildman–Crippen MR) is 77.5 cm³/mol. The van der Waals surface area contributed by atoms with E-state index in [2.05, 4.69) is 0 Å². The number of carbonyl (C=O) groups is 1. The highest BCUT2D eigenvalue weighted by molar-refractivity contribution is 7.86. The number of hydrogen-bond acceptors (Lipinski definition) is 3. The Morgan fingerprint density at radius 3 is 2.40 bits per heavy atom. The van der Waals surface area contributed by atoms with Gasteiger partial charge >= 0.3 is 5.97 Å². The largest absolute Gasteiger partial charge is 0.481 e. The van der Waals surface area contributed by atoms with E-state index in [0.717, 1.165) is 0 Å². The molecule has 20 heavy (non-hydrogen) atoms. The average Bonchev–Trinajstić information content (AvgIpc) is 2.35. The summed E-state index contributed by atoms with van der Waals surface area (Å²) in [6.45, 7) is 8.29. The van der Waals surface area contributed by atoms with Crippen LogP contribution in [0.5, 0.6) is 0 Å². The van der Waals surface area contributed by atoms with Crippen molar-refractivity contribution in [3.8, 4) is 0 Å². The van der Waals surface area contributed by atoms with Crippen LogP contribution in [0.1, 0.15) is 40.5 Å². The SMILES string of the molecule is CC(N(C)S(=O)(=O)N1CCCC(C(=O)O)C1)C(C)(C)C. The van der Waals surface area contributed by atoms with Crippen LogP contribution < -0.4 is 0 Å². The molecule has 0 amide bonds. The lowest BCUT2D eigenvalue weighted by atomic mass is 9.88. The van der Waals surface area contributed by atoms with E-state index in [1.165, 1.54) is 8.61 Å². The van der Waals surface area contributed by atoms with Crippen molar-refractivity contribution in [1.82, 2.24) is 8.61 Å². The number of nitrogens with zero attached hydrogens (tertiary/aromatic N) is 2. The molecule has 1 aliphatic rings. The molecule has 0 aromatic heterocycles. The van der Waals surface area contributed by atoms with Gasteiger partial charge in [0.25, 0.3) is 10.2 Å². The van der Waals surface area contributed by atoms with E-state index in [1.807, 2.05) is 27.7 Å². The molecule has 1 saturated heterocycles. The Bertz CT molecular complexity index is 455. The summed E-state index contributed by atoms with van der Waals surface area (Å²) in [5, 5.41) is 9.06. The fourth-order valence-electron chi connectivity index (χ4n) is 2.28. The normalized spacial score (nSPS) is 23.8. The quantitative estimate of drug-likeness (QED) is 0.851. The molecular formula is C13H26N2O4S. The van der Waals surface area contributed by atoms with Gasteiger partial charge in [-0.25, -0.2) is 0 Å². The summed E-state index contributed by atoms with van der Waals surface area (Å²) in [6, 6.07) is -0.169. The molecule has 0 radical (unpaired) electrons. The second kappa shape index (κ2) is 5.99. The van der Waals surface area contributed by atoms with Gasteiger partial charge in [-0.05, 0) is 25.2 Å². The van der Waals surface area contributed by atoms with E-state index in [9.17, 15) is 13.2 Å². The van der Waals surface area contributed by atoms with Gasteiger partial charge in [-0.3, -0.25) is 4.79 Å². The first-order chi connectivity index (χ1) is 8.98. The van der Waals surface area contributed by atoms with Crippen LogP contribution >= 0.6 is 0 Å². The molecular weight excluding hydrogens is 280 g/mol. The Labute approximate surface area is 121 Å². The Kier molecular flexibility index (Phi) is 5.21. The first-order valence-corrected chi connectivity index (χ1v) is 8.33. The maximum atomic E-state index is 12.6. The van der Waals surface area contributed by atoms with Crippen LogP contribution in [-0.2, 0) is 15.0 Å². The zero-order valence-corrected chi connectivity index (χ0v) is 13.8. The zero-order valence-electron chi connectivity index (χ0n) is 13.0. The molecule has 6 nitrogen and oxygen atoms in total. The molecule has 1 heterocycles. The summed E-state index contributed by atoms with van der Waals surface area (Å²) < 4.78 is 27.9. The molecule has 0 spiro atoms. The number of piperidine rings is 1. The van der Waals surface area contributed by atoms with Crippen molar-refractivity contribution in [2.45, 2.75) is 46.6 Å². The summed E-state index contributed by atoms with van der Waals surface area (Å²) in [5.41, 5.74) is -0.177. The second-order valence-corrected chi connectivity index (χ2v) is 8.59. The summed E-state index contributed by atoms with van der Waals surface area (Å²) in [5.74, 6) is -1.52. The molecule has 7 heteroatoms. The summed E-state index contributed by atoms with van der Waals surface area (Å²) >= 11 is 0. The highest BCUT2D eigenvalue weighted by atomic mass is 32.2. The van der Waals surface area contributed by atoms with E-state index in [1.54, 1.807) is 7.05 Å². The van der Waals surface area contributed by atoms with Gasteiger partial charge in [0.15, 0.2) is 0 Å². The lowest BCUT2D eigenvalue weighted by Gasteiger charge is -2.39. The molecule has 0 saturated carbocycles. The monoisotopic (exact) mass is 306 g/mol. The Balaban J connectivity index is 2.90. The van der Waals surface area contributed by atoms with Gasteiger partial charge in [0.2, 0.25) is 0 Å². The molecule has 0 aromatic carbocycles. The number of aliphatic carboxylic acids is 1. The Morgan fingerprint density at radius 1 is 1.40 bits per heavy atom. The van der Waals surface area contributed by atoms with E-state index in [4.69, 9.17) is 5.11 Å². The number of rotatable bonds is 4. The van der Waals surface area contributed by atoms with E-state index >= 15 is 0 Å². The molecule has 0 bridgehead atoms. The summed E-state index contributed by atoms with van der Waals surface area (Å²) in [7, 11) is -2.04. The van der Waals surface area contributed by atoms with Crippen molar-refractivity contribution in [2.75, 3.05) is 20.1 Å². The molecule has 1 N–H and O–H groups in total. The van der Waals surface area contributed by atoms with Crippen molar-refractivity contribution >= 4 is 16.2 Å². The molecule has 1 fully saturated rings. The maximum Gasteiger partial charge on any atom is 0.307 e. The van der Waals surface area contributed by atoms with Crippen molar-refractivity contribution in [3.05, 3.63) is 0 Å². The number of carboxylic acids is 1. The molecule has 0 aromatic rings. The Hall–Kier alpha value is -0.660. The fraction of sp³-hybridized carbons (Fsp3) is 0.923. The van der Waals surface area contributed by atoms with Crippen molar-refractivity contribution < 1.29 is 18.3 Å². The van der Waals surface area contributed by atoms with Crippen LogP contribution in [0.15, 0.2) is 0 Å². The van der Waals surface area contributed by atoms with Gasteiger partial charge in [-0.2, -0.15) is 17.0 Å². The van der Waals surface area contributed by atoms with Crippen molar-refractivity contribution in [1.29, 1.82) is 0 Å². The smallest absolute Gasteiger partial charge is 0.307 e. The maximum absolute atomic E-state index is 12.6. The average molecular weight is 306 g/mol. The van der Waals surface area contributed by atoms with Crippen molar-refractivity contribution in [3.63, 3.8) is 0 Å². The standard InChI is InChI=1S/C13H26N2O4S/c1-10(13(2,3)4)14(5)20(18,19)15-8-6-7-11(9-15)12(16)17/h10-11H,6-9H2,1-5H3,(H,16,17). The second-order valence-electron chi connectivity index (χ2n) is 6.60. The van der Waals surface area contributed by atoms with Crippen LogP contribution in [0.4, 0.5) is 0 Å². The number of carboxylic acid groups (broad SMARTS) is 1. The van der Waals surface area contributed by atoms with Crippen molar-refractivity contribution in [2.24, 2.45) is 11.3 Å². The van der Waals surface area contributed by atoms with Crippen LogP contribution in [0, 0.1) is 11.3 Å². The minimum Gasteiger partial charge on any atom is -0.481 e. The van der Waals surface area contributed by atoms with Crippen LogP contribution in [0.25, 0.3) is 0 Å². The van der Waals surface area contributed by atoms with Gasteiger partial charge in [0.1, 0.15) is 0 Å². The lowest BCUT2D eigenvalue weighted by Crippen LogP contribution is -2.52. The minimum atomic E-state index is -3.61. The molecule has 1 rings (SSSR count). The fourth-order valence-corrected chi connectivity index (χ4v) is 4.09. The highest BCUT2D eigenvalue weighted by Crippen LogP contribution is 2.28. The third-order valence-electron chi connectivity index (χ3n) is 4.22. The molecule has 2 unspecified atom stereocenters. The summed E-state index contributed by atoms with van der Waals surface area (Å²) in [4.78, 5) is 11.1. The van der Waals surface area contributed by atoms with Crippen LogP contribution in [0.3, 0.4) is 0 Å². The third-order valence-corrected chi connectivity index (χ3v) is 6.25. The lowest BCUT2D eigenvalue weighted by molar-refractivity contribution is -0.142. The van der Waals surface area contributed by atoms with Crippen LogP contribution in [-0.4, -0.2) is 54.3 Å². The summed E-state index contributed by atoms with van der Waals surface area (Å²) in [6.07, 6.45) is 1.13. The Morgan fingerprint density at radius 2 is 1.95 bits per heavy atom. The van der Waals surface area contributed by atoms with Gasteiger partial charge in [0.05, 0.1) is 5.92 Å². The number of hydrogen-bond donors (Lipinski definition) is 1. The first-order valence-electron chi connectivity index (χ1n) is 6.94. The van der Waals surface area contributed by atoms with Gasteiger partial charge in [-0.15, -0.1) is 0 Å². The molecule has 0 aliphatic carbocycles.